The monoisotopic (exact) mass is 324 g/mol. The van der Waals surface area contributed by atoms with Gasteiger partial charge in [0.2, 0.25) is 0 Å². The first-order chi connectivity index (χ1) is 11.7. The highest BCUT2D eigenvalue weighted by atomic mass is 16.4. The van der Waals surface area contributed by atoms with Crippen molar-refractivity contribution in [2.45, 2.75) is 20.0 Å². The Labute approximate surface area is 137 Å². The number of benzene rings is 1. The number of pyridine rings is 1. The first-order valence-corrected chi connectivity index (χ1v) is 7.49. The minimum atomic E-state index is -1.19. The number of aromatic carboxylic acids is 1. The molecule has 0 bridgehead atoms. The summed E-state index contributed by atoms with van der Waals surface area (Å²) in [6, 6.07) is 10.9. The van der Waals surface area contributed by atoms with E-state index in [9.17, 15) is 15.0 Å². The molecule has 0 saturated carbocycles. The fraction of sp³-hybridized carbons (Fsp3) is 0.176. The van der Waals surface area contributed by atoms with Crippen molar-refractivity contribution in [1.82, 2.24) is 9.38 Å². The minimum Gasteiger partial charge on any atom is -0.476 e. The van der Waals surface area contributed by atoms with Crippen molar-refractivity contribution in [3.63, 3.8) is 0 Å². The summed E-state index contributed by atoms with van der Waals surface area (Å²) in [7, 11) is 0. The maximum Gasteiger partial charge on any atom is 0.358 e. The van der Waals surface area contributed by atoms with Crippen molar-refractivity contribution >= 4 is 23.1 Å². The van der Waals surface area contributed by atoms with Crippen LogP contribution in [0.4, 0.5) is 11.5 Å². The zero-order chi connectivity index (χ0) is 17.1. The number of carboxylic acids is 1. The Bertz CT molecular complexity index is 931. The fourth-order valence-corrected chi connectivity index (χ4v) is 2.48. The first kappa shape index (κ1) is 15.8. The molecule has 0 aliphatic carbocycles. The van der Waals surface area contributed by atoms with Gasteiger partial charge in [0, 0.05) is 11.8 Å². The van der Waals surface area contributed by atoms with Crippen LogP contribution >= 0.6 is 0 Å². The van der Waals surface area contributed by atoms with E-state index in [1.54, 1.807) is 18.3 Å². The zero-order valence-electron chi connectivity index (χ0n) is 13.0. The predicted molar refractivity (Wildman–Crippen MR) is 88.1 cm³/mol. The topological polar surface area (TPSA) is 99.5 Å². The average Bonchev–Trinajstić information content (AvgIpc) is 2.99. The molecule has 3 rings (SSSR count). The molecular weight excluding hydrogens is 308 g/mol. The number of carbonyl (C=O) groups is 1. The Hall–Kier alpha value is -3.06. The molecule has 0 unspecified atom stereocenters. The highest BCUT2D eigenvalue weighted by molar-refractivity contribution is 5.92. The van der Waals surface area contributed by atoms with E-state index >= 15 is 0 Å². The molecule has 7 nitrogen and oxygen atoms in total. The second kappa shape index (κ2) is 6.59. The highest BCUT2D eigenvalue weighted by Crippen LogP contribution is 2.27. The van der Waals surface area contributed by atoms with Crippen LogP contribution in [0.5, 0.6) is 0 Å². The molecule has 0 atom stereocenters. The van der Waals surface area contributed by atoms with Gasteiger partial charge in [-0.25, -0.2) is 9.78 Å². The summed E-state index contributed by atoms with van der Waals surface area (Å²) >= 11 is 0. The maximum absolute atomic E-state index is 11.5. The molecule has 24 heavy (non-hydrogen) atoms. The van der Waals surface area contributed by atoms with Crippen molar-refractivity contribution in [2.75, 3.05) is 0 Å². The number of carboxylic acid groups (broad SMARTS) is 1. The molecule has 2 N–H and O–H groups in total. The standard InChI is InChI=1S/C17H16N4O3/c1-2-11-6-3-4-8-13(11)19-20-16-14(17(23)24)18-15-12(10-22)7-5-9-21(15)16/h3-9,22H,2,10H2,1H3,(H,23,24). The van der Waals surface area contributed by atoms with Crippen LogP contribution in [0.1, 0.15) is 28.5 Å². The second-order valence-electron chi connectivity index (χ2n) is 5.16. The molecule has 2 heterocycles. The van der Waals surface area contributed by atoms with Gasteiger partial charge in [-0.1, -0.05) is 31.2 Å². The number of rotatable bonds is 5. The van der Waals surface area contributed by atoms with Gasteiger partial charge in [0.05, 0.1) is 12.3 Å². The fourth-order valence-electron chi connectivity index (χ4n) is 2.48. The molecule has 3 aromatic rings. The second-order valence-corrected chi connectivity index (χ2v) is 5.16. The van der Waals surface area contributed by atoms with Gasteiger partial charge in [-0.15, -0.1) is 10.2 Å². The lowest BCUT2D eigenvalue weighted by molar-refractivity contribution is 0.0692. The summed E-state index contributed by atoms with van der Waals surface area (Å²) in [5.74, 6) is -1.07. The third-order valence-electron chi connectivity index (χ3n) is 3.70. The Morgan fingerprint density at radius 3 is 2.62 bits per heavy atom. The van der Waals surface area contributed by atoms with E-state index in [1.165, 1.54) is 4.40 Å². The number of aliphatic hydroxyl groups is 1. The lowest BCUT2D eigenvalue weighted by Crippen LogP contribution is -1.96. The Kier molecular flexibility index (Phi) is 4.35. The van der Waals surface area contributed by atoms with Crippen molar-refractivity contribution < 1.29 is 15.0 Å². The van der Waals surface area contributed by atoms with Crippen molar-refractivity contribution in [1.29, 1.82) is 0 Å². The molecule has 1 aromatic carbocycles. The van der Waals surface area contributed by atoms with Crippen molar-refractivity contribution in [3.8, 4) is 0 Å². The Balaban J connectivity index is 2.16. The number of aryl methyl sites for hydroxylation is 1. The molecule has 7 heteroatoms. The normalized spacial score (nSPS) is 11.4. The van der Waals surface area contributed by atoms with E-state index in [0.717, 1.165) is 12.0 Å². The zero-order valence-corrected chi connectivity index (χ0v) is 13.0. The maximum atomic E-state index is 11.5. The predicted octanol–water partition coefficient (Wildman–Crippen LogP) is 3.50. The number of fused-ring (bicyclic) bond motifs is 1. The Morgan fingerprint density at radius 1 is 1.17 bits per heavy atom. The van der Waals surface area contributed by atoms with Crippen LogP contribution in [0.15, 0.2) is 52.8 Å². The van der Waals surface area contributed by atoms with Gasteiger partial charge in [0.25, 0.3) is 0 Å². The van der Waals surface area contributed by atoms with E-state index in [1.807, 2.05) is 31.2 Å². The molecule has 0 aliphatic rings. The molecule has 0 aliphatic heterocycles. The molecule has 0 fully saturated rings. The number of aromatic nitrogens is 2. The SMILES string of the molecule is CCc1ccccc1N=Nc1c(C(=O)O)nc2c(CO)cccn12. The van der Waals surface area contributed by atoms with E-state index in [0.29, 0.717) is 16.9 Å². The van der Waals surface area contributed by atoms with E-state index < -0.39 is 5.97 Å². The summed E-state index contributed by atoms with van der Waals surface area (Å²) in [4.78, 5) is 15.6. The number of nitrogens with zero attached hydrogens (tertiary/aromatic N) is 4. The average molecular weight is 324 g/mol. The van der Waals surface area contributed by atoms with Gasteiger partial charge in [-0.2, -0.15) is 0 Å². The lowest BCUT2D eigenvalue weighted by atomic mass is 10.1. The lowest BCUT2D eigenvalue weighted by Gasteiger charge is -2.02. The van der Waals surface area contributed by atoms with Gasteiger partial charge >= 0.3 is 5.97 Å². The van der Waals surface area contributed by atoms with E-state index in [-0.39, 0.29) is 18.1 Å². The van der Waals surface area contributed by atoms with E-state index in [4.69, 9.17) is 0 Å². The van der Waals surface area contributed by atoms with Crippen LogP contribution in [-0.4, -0.2) is 25.6 Å². The molecular formula is C17H16N4O3. The summed E-state index contributed by atoms with van der Waals surface area (Å²) in [5.41, 5.74) is 2.38. The number of hydrogen-bond acceptors (Lipinski definition) is 5. The third kappa shape index (κ3) is 2.77. The van der Waals surface area contributed by atoms with Crippen LogP contribution in [-0.2, 0) is 13.0 Å². The van der Waals surface area contributed by atoms with Gasteiger partial charge in [-0.3, -0.25) is 4.40 Å². The summed E-state index contributed by atoms with van der Waals surface area (Å²) in [5, 5.41) is 27.1. The number of hydrogen-bond donors (Lipinski definition) is 2. The van der Waals surface area contributed by atoms with Gasteiger partial charge in [0.1, 0.15) is 5.65 Å². The van der Waals surface area contributed by atoms with Crippen LogP contribution in [0, 0.1) is 0 Å². The smallest absolute Gasteiger partial charge is 0.358 e. The Morgan fingerprint density at radius 2 is 1.92 bits per heavy atom. The van der Waals surface area contributed by atoms with Crippen molar-refractivity contribution in [2.24, 2.45) is 10.2 Å². The van der Waals surface area contributed by atoms with Gasteiger partial charge < -0.3 is 10.2 Å². The quantitative estimate of drug-likeness (QED) is 0.701. The third-order valence-corrected chi connectivity index (χ3v) is 3.70. The number of azo groups is 1. The van der Waals surface area contributed by atoms with Gasteiger partial charge in [0.15, 0.2) is 11.5 Å². The molecule has 122 valence electrons. The molecule has 2 aromatic heterocycles. The largest absolute Gasteiger partial charge is 0.476 e. The van der Waals surface area contributed by atoms with Crippen LogP contribution in [0.25, 0.3) is 5.65 Å². The highest BCUT2D eigenvalue weighted by Gasteiger charge is 2.19. The van der Waals surface area contributed by atoms with Gasteiger partial charge in [-0.05, 0) is 24.1 Å². The van der Waals surface area contributed by atoms with Crippen molar-refractivity contribution in [3.05, 3.63) is 59.4 Å². The summed E-state index contributed by atoms with van der Waals surface area (Å²) in [6.45, 7) is 1.77. The number of aliphatic hydroxyl groups excluding tert-OH is 1. The molecule has 0 amide bonds. The van der Waals surface area contributed by atoms with Crippen LogP contribution in [0.2, 0.25) is 0 Å². The number of imidazole rings is 1. The first-order valence-electron chi connectivity index (χ1n) is 7.49. The minimum absolute atomic E-state index is 0.124. The van der Waals surface area contributed by atoms with Crippen LogP contribution in [0.3, 0.4) is 0 Å². The summed E-state index contributed by atoms with van der Waals surface area (Å²) < 4.78 is 1.52. The van der Waals surface area contributed by atoms with Crippen LogP contribution < -0.4 is 0 Å². The molecule has 0 saturated heterocycles. The molecule has 0 radical (unpaired) electrons. The van der Waals surface area contributed by atoms with E-state index in [2.05, 4.69) is 15.2 Å². The summed E-state index contributed by atoms with van der Waals surface area (Å²) in [6.07, 6.45) is 2.44. The molecule has 0 spiro atoms.